The van der Waals surface area contributed by atoms with Crippen molar-refractivity contribution in [2.24, 2.45) is 0 Å². The van der Waals surface area contributed by atoms with Gasteiger partial charge in [-0.3, -0.25) is 4.79 Å². The van der Waals surface area contributed by atoms with Crippen LogP contribution in [0.4, 0.5) is 0 Å². The molecule has 0 aliphatic carbocycles. The Kier molecular flexibility index (Phi) is 4.33. The van der Waals surface area contributed by atoms with Crippen molar-refractivity contribution in [3.63, 3.8) is 0 Å². The van der Waals surface area contributed by atoms with Gasteiger partial charge in [0.05, 0.1) is 25.2 Å². The topological polar surface area (TPSA) is 50.1 Å². The second-order valence-electron chi connectivity index (χ2n) is 3.31. The van der Waals surface area contributed by atoms with Crippen LogP contribution in [-0.4, -0.2) is 13.1 Å². The summed E-state index contributed by atoms with van der Waals surface area (Å²) in [5.74, 6) is -0.332. The fourth-order valence-corrected chi connectivity index (χ4v) is 1.79. The fourth-order valence-electron chi connectivity index (χ4n) is 1.49. The predicted molar refractivity (Wildman–Crippen MR) is 61.3 cm³/mol. The van der Waals surface area contributed by atoms with Gasteiger partial charge in [0.1, 0.15) is 0 Å². The summed E-state index contributed by atoms with van der Waals surface area (Å²) in [5.41, 5.74) is 2.17. The molecule has 0 spiro atoms. The molecule has 3 nitrogen and oxygen atoms in total. The third kappa shape index (κ3) is 2.74. The van der Waals surface area contributed by atoms with Crippen LogP contribution >= 0.6 is 11.6 Å². The summed E-state index contributed by atoms with van der Waals surface area (Å²) in [4.78, 5) is 11.2. The molecule has 0 saturated carbocycles. The number of ether oxygens (including phenoxy) is 1. The first-order chi connectivity index (χ1) is 7.62. The quantitative estimate of drug-likeness (QED) is 0.759. The molecule has 16 heavy (non-hydrogen) atoms. The van der Waals surface area contributed by atoms with Crippen molar-refractivity contribution >= 4 is 17.6 Å². The summed E-state index contributed by atoms with van der Waals surface area (Å²) >= 11 is 6.03. The van der Waals surface area contributed by atoms with Gasteiger partial charge in [-0.1, -0.05) is 18.5 Å². The van der Waals surface area contributed by atoms with Gasteiger partial charge in [0.2, 0.25) is 0 Å². The van der Waals surface area contributed by atoms with E-state index in [2.05, 4.69) is 4.74 Å². The molecule has 1 rings (SSSR count). The molecule has 0 fully saturated rings. The molecule has 0 aromatic heterocycles. The highest BCUT2D eigenvalue weighted by molar-refractivity contribution is 6.31. The summed E-state index contributed by atoms with van der Waals surface area (Å²) in [7, 11) is 1.34. The molecule has 0 atom stereocenters. The second kappa shape index (κ2) is 5.53. The minimum Gasteiger partial charge on any atom is -0.469 e. The number of methoxy groups -OCH3 is 1. The summed E-state index contributed by atoms with van der Waals surface area (Å²) < 4.78 is 4.60. The highest BCUT2D eigenvalue weighted by Crippen LogP contribution is 2.23. The maximum Gasteiger partial charge on any atom is 0.310 e. The minimum absolute atomic E-state index is 0.143. The summed E-state index contributed by atoms with van der Waals surface area (Å²) in [6, 6.07) is 5.36. The van der Waals surface area contributed by atoms with Crippen molar-refractivity contribution in [2.45, 2.75) is 19.8 Å². The van der Waals surface area contributed by atoms with Gasteiger partial charge >= 0.3 is 5.97 Å². The van der Waals surface area contributed by atoms with Crippen molar-refractivity contribution < 1.29 is 9.53 Å². The lowest BCUT2D eigenvalue weighted by atomic mass is 10.00. The van der Waals surface area contributed by atoms with Crippen molar-refractivity contribution in [1.82, 2.24) is 0 Å². The van der Waals surface area contributed by atoms with Crippen LogP contribution < -0.4 is 0 Å². The van der Waals surface area contributed by atoms with Gasteiger partial charge < -0.3 is 4.74 Å². The van der Waals surface area contributed by atoms with Crippen molar-refractivity contribution in [3.8, 4) is 6.07 Å². The number of carbonyl (C=O) groups is 1. The molecule has 1 aromatic carbocycles. The lowest BCUT2D eigenvalue weighted by Crippen LogP contribution is -2.07. The molecule has 1 aromatic rings. The smallest absolute Gasteiger partial charge is 0.310 e. The predicted octanol–water partition coefficient (Wildman–Crippen LogP) is 2.49. The number of esters is 1. The Morgan fingerprint density at radius 3 is 2.75 bits per heavy atom. The van der Waals surface area contributed by atoms with E-state index in [0.29, 0.717) is 10.6 Å². The molecule has 0 amide bonds. The van der Waals surface area contributed by atoms with Crippen molar-refractivity contribution in [2.75, 3.05) is 7.11 Å². The van der Waals surface area contributed by atoms with Gasteiger partial charge in [0, 0.05) is 5.02 Å². The first-order valence-corrected chi connectivity index (χ1v) is 5.28. The lowest BCUT2D eigenvalue weighted by molar-refractivity contribution is -0.139. The molecular weight excluding hydrogens is 226 g/mol. The standard InChI is InChI=1S/C12H12ClNO2/c1-3-9-4-8(7-14)5-11(13)10(9)6-12(15)16-2/h4-5H,3,6H2,1-2H3. The van der Waals surface area contributed by atoms with Gasteiger partial charge in [0.15, 0.2) is 0 Å². The third-order valence-electron chi connectivity index (χ3n) is 2.35. The Hall–Kier alpha value is -1.53. The first kappa shape index (κ1) is 12.5. The van der Waals surface area contributed by atoms with Crippen LogP contribution in [0.25, 0.3) is 0 Å². The normalized spacial score (nSPS) is 9.62. The maximum absolute atomic E-state index is 11.2. The average molecular weight is 238 g/mol. The van der Waals surface area contributed by atoms with E-state index in [1.54, 1.807) is 12.1 Å². The van der Waals surface area contributed by atoms with Gasteiger partial charge in [-0.2, -0.15) is 5.26 Å². The molecule has 0 heterocycles. The molecule has 0 unspecified atom stereocenters. The van der Waals surface area contributed by atoms with E-state index < -0.39 is 0 Å². The third-order valence-corrected chi connectivity index (χ3v) is 2.68. The molecule has 0 bridgehead atoms. The second-order valence-corrected chi connectivity index (χ2v) is 3.72. The number of halogens is 1. The number of nitrogens with zero attached hydrogens (tertiary/aromatic N) is 1. The van der Waals surface area contributed by atoms with Gasteiger partial charge in [-0.25, -0.2) is 0 Å². The molecule has 0 aliphatic heterocycles. The van der Waals surface area contributed by atoms with Gasteiger partial charge in [-0.15, -0.1) is 0 Å². The molecule has 0 saturated heterocycles. The van der Waals surface area contributed by atoms with Crippen LogP contribution in [0.2, 0.25) is 5.02 Å². The number of aryl methyl sites for hydroxylation is 1. The Morgan fingerprint density at radius 1 is 1.56 bits per heavy atom. The lowest BCUT2D eigenvalue weighted by Gasteiger charge is -2.09. The minimum atomic E-state index is -0.332. The van der Waals surface area contributed by atoms with E-state index >= 15 is 0 Å². The Balaban J connectivity index is 3.17. The molecular formula is C12H12ClNO2. The SMILES string of the molecule is CCc1cc(C#N)cc(Cl)c1CC(=O)OC. The van der Waals surface area contributed by atoms with Crippen LogP contribution in [0, 0.1) is 11.3 Å². The zero-order chi connectivity index (χ0) is 12.1. The Labute approximate surface area is 99.6 Å². The Bertz CT molecular complexity index is 449. The van der Waals surface area contributed by atoms with E-state index in [1.165, 1.54) is 7.11 Å². The molecule has 84 valence electrons. The van der Waals surface area contributed by atoms with Crippen LogP contribution in [0.15, 0.2) is 12.1 Å². The summed E-state index contributed by atoms with van der Waals surface area (Å²) in [6.45, 7) is 1.95. The van der Waals surface area contributed by atoms with Crippen LogP contribution in [-0.2, 0) is 22.4 Å². The maximum atomic E-state index is 11.2. The summed E-state index contributed by atoms with van der Waals surface area (Å²) in [5, 5.41) is 9.25. The zero-order valence-corrected chi connectivity index (χ0v) is 9.97. The fraction of sp³-hybridized carbons (Fsp3) is 0.333. The monoisotopic (exact) mass is 237 g/mol. The van der Waals surface area contributed by atoms with E-state index in [0.717, 1.165) is 17.5 Å². The Morgan fingerprint density at radius 2 is 2.25 bits per heavy atom. The van der Waals surface area contributed by atoms with Crippen LogP contribution in [0.3, 0.4) is 0 Å². The zero-order valence-electron chi connectivity index (χ0n) is 9.21. The van der Waals surface area contributed by atoms with Gasteiger partial charge in [0.25, 0.3) is 0 Å². The number of benzene rings is 1. The van der Waals surface area contributed by atoms with E-state index in [4.69, 9.17) is 16.9 Å². The van der Waals surface area contributed by atoms with Crippen LogP contribution in [0.1, 0.15) is 23.6 Å². The molecule has 0 radical (unpaired) electrons. The van der Waals surface area contributed by atoms with Crippen molar-refractivity contribution in [1.29, 1.82) is 5.26 Å². The van der Waals surface area contributed by atoms with E-state index in [9.17, 15) is 4.79 Å². The molecule has 0 N–H and O–H groups in total. The highest BCUT2D eigenvalue weighted by Gasteiger charge is 2.12. The van der Waals surface area contributed by atoms with E-state index in [1.807, 2.05) is 13.0 Å². The number of hydrogen-bond donors (Lipinski definition) is 0. The number of rotatable bonds is 3. The average Bonchev–Trinajstić information content (AvgIpc) is 2.30. The number of nitriles is 1. The molecule has 4 heteroatoms. The molecule has 0 aliphatic rings. The highest BCUT2D eigenvalue weighted by atomic mass is 35.5. The van der Waals surface area contributed by atoms with Crippen LogP contribution in [0.5, 0.6) is 0 Å². The number of carbonyl (C=O) groups excluding carboxylic acids is 1. The number of hydrogen-bond acceptors (Lipinski definition) is 3. The van der Waals surface area contributed by atoms with E-state index in [-0.39, 0.29) is 12.4 Å². The summed E-state index contributed by atoms with van der Waals surface area (Å²) in [6.07, 6.45) is 0.867. The first-order valence-electron chi connectivity index (χ1n) is 4.90. The largest absolute Gasteiger partial charge is 0.469 e. The van der Waals surface area contributed by atoms with Crippen molar-refractivity contribution in [3.05, 3.63) is 33.8 Å². The van der Waals surface area contributed by atoms with Gasteiger partial charge in [-0.05, 0) is 29.7 Å².